The summed E-state index contributed by atoms with van der Waals surface area (Å²) < 4.78 is 0. The van der Waals surface area contributed by atoms with E-state index in [0.717, 1.165) is 26.1 Å². The SMILES string of the molecule is Cl.O=C1CC2(CCCNC2)CN1. The molecule has 2 rings (SSSR count). The fourth-order valence-corrected chi connectivity index (χ4v) is 2.08. The Hall–Kier alpha value is -0.280. The van der Waals surface area contributed by atoms with Crippen molar-refractivity contribution in [3.05, 3.63) is 0 Å². The zero-order valence-corrected chi connectivity index (χ0v) is 7.88. The normalized spacial score (nSPS) is 34.5. The predicted molar refractivity (Wildman–Crippen MR) is 49.4 cm³/mol. The van der Waals surface area contributed by atoms with Gasteiger partial charge in [0.05, 0.1) is 0 Å². The number of hydrogen-bond acceptors (Lipinski definition) is 2. The molecule has 2 fully saturated rings. The van der Waals surface area contributed by atoms with E-state index < -0.39 is 0 Å². The van der Waals surface area contributed by atoms with E-state index >= 15 is 0 Å². The second kappa shape index (κ2) is 3.62. The van der Waals surface area contributed by atoms with Gasteiger partial charge in [-0.3, -0.25) is 4.79 Å². The summed E-state index contributed by atoms with van der Waals surface area (Å²) >= 11 is 0. The van der Waals surface area contributed by atoms with Crippen molar-refractivity contribution in [2.24, 2.45) is 5.41 Å². The maximum absolute atomic E-state index is 11.0. The molecule has 0 radical (unpaired) electrons. The molecule has 4 heteroatoms. The van der Waals surface area contributed by atoms with Gasteiger partial charge in [-0.25, -0.2) is 0 Å². The molecule has 3 nitrogen and oxygen atoms in total. The monoisotopic (exact) mass is 190 g/mol. The maximum atomic E-state index is 11.0. The first kappa shape index (κ1) is 9.81. The molecule has 1 atom stereocenters. The van der Waals surface area contributed by atoms with Gasteiger partial charge < -0.3 is 10.6 Å². The van der Waals surface area contributed by atoms with Crippen molar-refractivity contribution in [2.45, 2.75) is 19.3 Å². The van der Waals surface area contributed by atoms with Crippen LogP contribution in [0, 0.1) is 5.41 Å². The van der Waals surface area contributed by atoms with Crippen molar-refractivity contribution in [1.82, 2.24) is 10.6 Å². The predicted octanol–water partition coefficient (Wildman–Crippen LogP) is 0.298. The second-order valence-corrected chi connectivity index (χ2v) is 3.73. The highest BCUT2D eigenvalue weighted by Gasteiger charge is 2.38. The number of carbonyl (C=O) groups excluding carboxylic acids is 1. The summed E-state index contributed by atoms with van der Waals surface area (Å²) in [6.07, 6.45) is 3.16. The van der Waals surface area contributed by atoms with Gasteiger partial charge >= 0.3 is 0 Å². The largest absolute Gasteiger partial charge is 0.355 e. The Bertz CT molecular complexity index is 178. The lowest BCUT2D eigenvalue weighted by molar-refractivity contribution is -0.119. The van der Waals surface area contributed by atoms with Gasteiger partial charge in [0.2, 0.25) is 5.91 Å². The smallest absolute Gasteiger partial charge is 0.220 e. The topological polar surface area (TPSA) is 41.1 Å². The van der Waals surface area contributed by atoms with Crippen LogP contribution < -0.4 is 10.6 Å². The summed E-state index contributed by atoms with van der Waals surface area (Å²) in [5.41, 5.74) is 0.273. The molecule has 2 N–H and O–H groups in total. The fraction of sp³-hybridized carbons (Fsp3) is 0.875. The Morgan fingerprint density at radius 2 is 2.17 bits per heavy atom. The van der Waals surface area contributed by atoms with Crippen LogP contribution in [0.3, 0.4) is 0 Å². The third kappa shape index (κ3) is 1.72. The summed E-state index contributed by atoms with van der Waals surface area (Å²) in [6, 6.07) is 0. The highest BCUT2D eigenvalue weighted by atomic mass is 35.5. The van der Waals surface area contributed by atoms with Crippen molar-refractivity contribution >= 4 is 18.3 Å². The summed E-state index contributed by atoms with van der Waals surface area (Å²) in [5.74, 6) is 0.230. The van der Waals surface area contributed by atoms with E-state index in [1.165, 1.54) is 12.8 Å². The third-order valence-corrected chi connectivity index (χ3v) is 2.76. The maximum Gasteiger partial charge on any atom is 0.220 e. The van der Waals surface area contributed by atoms with Crippen molar-refractivity contribution in [3.8, 4) is 0 Å². The lowest BCUT2D eigenvalue weighted by Crippen LogP contribution is -2.41. The molecule has 0 bridgehead atoms. The molecule has 2 heterocycles. The van der Waals surface area contributed by atoms with Gasteiger partial charge in [-0.2, -0.15) is 0 Å². The Kier molecular flexibility index (Phi) is 2.96. The van der Waals surface area contributed by atoms with Gasteiger partial charge in [0.15, 0.2) is 0 Å². The van der Waals surface area contributed by atoms with Gasteiger partial charge in [-0.05, 0) is 19.4 Å². The Labute approximate surface area is 78.7 Å². The first-order valence-corrected chi connectivity index (χ1v) is 4.28. The van der Waals surface area contributed by atoms with Crippen LogP contribution in [-0.2, 0) is 4.79 Å². The Morgan fingerprint density at radius 1 is 1.33 bits per heavy atom. The molecule has 0 aromatic heterocycles. The number of rotatable bonds is 0. The molecule has 1 unspecified atom stereocenters. The third-order valence-electron chi connectivity index (χ3n) is 2.76. The molecule has 1 spiro atoms. The van der Waals surface area contributed by atoms with Crippen LogP contribution in [-0.4, -0.2) is 25.5 Å². The van der Waals surface area contributed by atoms with E-state index in [9.17, 15) is 4.79 Å². The van der Waals surface area contributed by atoms with Crippen LogP contribution in [0.5, 0.6) is 0 Å². The molecule has 0 aromatic rings. The summed E-state index contributed by atoms with van der Waals surface area (Å²) in [4.78, 5) is 11.0. The fourth-order valence-electron chi connectivity index (χ4n) is 2.08. The van der Waals surface area contributed by atoms with Gasteiger partial charge in [0.1, 0.15) is 0 Å². The van der Waals surface area contributed by atoms with Crippen molar-refractivity contribution < 1.29 is 4.79 Å². The lowest BCUT2D eigenvalue weighted by atomic mass is 9.80. The van der Waals surface area contributed by atoms with Gasteiger partial charge in [0, 0.05) is 24.9 Å². The van der Waals surface area contributed by atoms with Gasteiger partial charge in [0.25, 0.3) is 0 Å². The van der Waals surface area contributed by atoms with Crippen LogP contribution in [0.2, 0.25) is 0 Å². The number of hydrogen-bond donors (Lipinski definition) is 2. The minimum absolute atomic E-state index is 0. The minimum Gasteiger partial charge on any atom is -0.355 e. The molecule has 2 aliphatic rings. The summed E-state index contributed by atoms with van der Waals surface area (Å²) in [7, 11) is 0. The average Bonchev–Trinajstić information content (AvgIpc) is 2.34. The highest BCUT2D eigenvalue weighted by Crippen LogP contribution is 2.32. The van der Waals surface area contributed by atoms with Gasteiger partial charge in [-0.15, -0.1) is 12.4 Å². The number of carbonyl (C=O) groups is 1. The summed E-state index contributed by atoms with van der Waals surface area (Å²) in [5, 5.41) is 6.25. The van der Waals surface area contributed by atoms with E-state index in [1.54, 1.807) is 0 Å². The van der Waals surface area contributed by atoms with Crippen molar-refractivity contribution in [1.29, 1.82) is 0 Å². The van der Waals surface area contributed by atoms with E-state index in [-0.39, 0.29) is 23.7 Å². The molecule has 0 aliphatic carbocycles. The molecule has 2 saturated heterocycles. The minimum atomic E-state index is 0. The van der Waals surface area contributed by atoms with Crippen LogP contribution in [0.15, 0.2) is 0 Å². The first-order valence-electron chi connectivity index (χ1n) is 4.28. The zero-order chi connectivity index (χ0) is 7.73. The molecule has 12 heavy (non-hydrogen) atoms. The highest BCUT2D eigenvalue weighted by molar-refractivity contribution is 5.85. The van der Waals surface area contributed by atoms with E-state index in [4.69, 9.17) is 0 Å². The second-order valence-electron chi connectivity index (χ2n) is 3.73. The number of halogens is 1. The molecular formula is C8H15ClN2O. The molecule has 0 aromatic carbocycles. The van der Waals surface area contributed by atoms with Crippen LogP contribution in [0.1, 0.15) is 19.3 Å². The Balaban J connectivity index is 0.000000720. The number of piperidine rings is 1. The lowest BCUT2D eigenvalue weighted by Gasteiger charge is -2.31. The standard InChI is InChI=1S/C8H14N2O.ClH/c11-7-4-8(6-10-7)2-1-3-9-5-8;/h9H,1-6H2,(H,10,11);1H. The molecule has 0 saturated carbocycles. The first-order chi connectivity index (χ1) is 5.31. The van der Waals surface area contributed by atoms with Crippen molar-refractivity contribution in [3.63, 3.8) is 0 Å². The number of amides is 1. The zero-order valence-electron chi connectivity index (χ0n) is 7.06. The van der Waals surface area contributed by atoms with Crippen LogP contribution >= 0.6 is 12.4 Å². The summed E-state index contributed by atoms with van der Waals surface area (Å²) in [6.45, 7) is 3.03. The van der Waals surface area contributed by atoms with E-state index in [2.05, 4.69) is 10.6 Å². The molecule has 1 amide bonds. The molecular weight excluding hydrogens is 176 g/mol. The van der Waals surface area contributed by atoms with Gasteiger partial charge in [-0.1, -0.05) is 0 Å². The van der Waals surface area contributed by atoms with Crippen molar-refractivity contribution in [2.75, 3.05) is 19.6 Å². The Morgan fingerprint density at radius 3 is 2.67 bits per heavy atom. The van der Waals surface area contributed by atoms with Crippen LogP contribution in [0.4, 0.5) is 0 Å². The van der Waals surface area contributed by atoms with E-state index in [1.807, 2.05) is 0 Å². The molecule has 2 aliphatic heterocycles. The average molecular weight is 191 g/mol. The van der Waals surface area contributed by atoms with E-state index in [0.29, 0.717) is 0 Å². The molecule has 70 valence electrons. The quantitative estimate of drug-likeness (QED) is 0.577. The number of nitrogens with one attached hydrogen (secondary N) is 2. The van der Waals surface area contributed by atoms with Crippen LogP contribution in [0.25, 0.3) is 0 Å².